The predicted octanol–water partition coefficient (Wildman–Crippen LogP) is 3.31. The Morgan fingerprint density at radius 1 is 1.00 bits per heavy atom. The van der Waals surface area contributed by atoms with Crippen LogP contribution < -0.4 is 5.32 Å². The SMILES string of the molecule is O=C(c1cc(Cl)ccc1Cl)N1CCN(CC(=O)N2CCCC23Cc2ccccc2NC3=O)CC1. The molecule has 3 aliphatic heterocycles. The number of nitrogens with zero attached hydrogens (tertiary/aromatic N) is 3. The van der Waals surface area contributed by atoms with Gasteiger partial charge in [-0.05, 0) is 42.7 Å². The molecule has 0 radical (unpaired) electrons. The third-order valence-corrected chi connectivity index (χ3v) is 7.70. The maximum Gasteiger partial charge on any atom is 0.255 e. The molecule has 0 bridgehead atoms. The van der Waals surface area contributed by atoms with Crippen molar-refractivity contribution in [1.29, 1.82) is 0 Å². The predicted molar refractivity (Wildman–Crippen MR) is 131 cm³/mol. The number of halogens is 2. The molecule has 34 heavy (non-hydrogen) atoms. The molecule has 5 rings (SSSR count). The minimum atomic E-state index is -0.813. The second kappa shape index (κ2) is 9.21. The highest BCUT2D eigenvalue weighted by molar-refractivity contribution is 6.35. The first-order chi connectivity index (χ1) is 16.4. The average Bonchev–Trinajstić information content (AvgIpc) is 3.26. The fourth-order valence-corrected chi connectivity index (χ4v) is 5.68. The van der Waals surface area contributed by atoms with Crippen LogP contribution in [0.3, 0.4) is 0 Å². The maximum absolute atomic E-state index is 13.4. The molecule has 3 heterocycles. The van der Waals surface area contributed by atoms with E-state index in [1.807, 2.05) is 29.2 Å². The second-order valence-electron chi connectivity index (χ2n) is 9.16. The third kappa shape index (κ3) is 4.17. The number of carbonyl (C=O) groups excluding carboxylic acids is 3. The van der Waals surface area contributed by atoms with Crippen molar-refractivity contribution in [1.82, 2.24) is 14.7 Å². The third-order valence-electron chi connectivity index (χ3n) is 7.14. The van der Waals surface area contributed by atoms with Crippen molar-refractivity contribution in [2.45, 2.75) is 24.8 Å². The molecule has 2 aromatic rings. The van der Waals surface area contributed by atoms with Crippen LogP contribution in [0.4, 0.5) is 5.69 Å². The van der Waals surface area contributed by atoms with Gasteiger partial charge in [0, 0.05) is 49.9 Å². The molecule has 178 valence electrons. The molecule has 0 aromatic heterocycles. The largest absolute Gasteiger partial charge is 0.336 e. The van der Waals surface area contributed by atoms with Crippen LogP contribution in [0.25, 0.3) is 0 Å². The average molecular weight is 501 g/mol. The van der Waals surface area contributed by atoms with Gasteiger partial charge >= 0.3 is 0 Å². The van der Waals surface area contributed by atoms with E-state index >= 15 is 0 Å². The lowest BCUT2D eigenvalue weighted by Crippen LogP contribution is -2.60. The van der Waals surface area contributed by atoms with Crippen molar-refractivity contribution in [3.8, 4) is 0 Å². The summed E-state index contributed by atoms with van der Waals surface area (Å²) in [7, 11) is 0. The van der Waals surface area contributed by atoms with Gasteiger partial charge in [-0.15, -0.1) is 0 Å². The van der Waals surface area contributed by atoms with E-state index in [0.717, 1.165) is 17.7 Å². The molecule has 3 aliphatic rings. The smallest absolute Gasteiger partial charge is 0.255 e. The van der Waals surface area contributed by atoms with Crippen LogP contribution in [0.15, 0.2) is 42.5 Å². The number of para-hydroxylation sites is 1. The number of carbonyl (C=O) groups is 3. The summed E-state index contributed by atoms with van der Waals surface area (Å²) in [6.07, 6.45) is 2.02. The van der Waals surface area contributed by atoms with Gasteiger partial charge in [0.1, 0.15) is 5.54 Å². The Balaban J connectivity index is 1.22. The van der Waals surface area contributed by atoms with Crippen LogP contribution in [-0.4, -0.2) is 77.2 Å². The quantitative estimate of drug-likeness (QED) is 0.701. The lowest BCUT2D eigenvalue weighted by molar-refractivity contribution is -0.144. The minimum absolute atomic E-state index is 0.0373. The number of piperazine rings is 1. The molecular formula is C25H26Cl2N4O3. The Kier molecular flexibility index (Phi) is 6.27. The number of likely N-dealkylation sites (tertiary alicyclic amines) is 1. The summed E-state index contributed by atoms with van der Waals surface area (Å²) in [4.78, 5) is 44.9. The Labute approximate surface area is 208 Å². The number of nitrogens with one attached hydrogen (secondary N) is 1. The van der Waals surface area contributed by atoms with Gasteiger partial charge in [0.2, 0.25) is 5.91 Å². The minimum Gasteiger partial charge on any atom is -0.336 e. The molecule has 2 saturated heterocycles. The van der Waals surface area contributed by atoms with Crippen LogP contribution in [0.2, 0.25) is 10.0 Å². The fourth-order valence-electron chi connectivity index (χ4n) is 5.31. The summed E-state index contributed by atoms with van der Waals surface area (Å²) in [5.41, 5.74) is 1.47. The van der Waals surface area contributed by atoms with Gasteiger partial charge in [-0.2, -0.15) is 0 Å². The standard InChI is InChI=1S/C25H26Cl2N4O3/c26-18-6-7-20(27)19(14-18)23(33)30-12-10-29(11-13-30)16-22(32)31-9-3-8-25(31)15-17-4-1-2-5-21(17)28-24(25)34/h1-2,4-7,14H,3,8-13,15-16H2,(H,28,34). The lowest BCUT2D eigenvalue weighted by Gasteiger charge is -2.42. The fraction of sp³-hybridized carbons (Fsp3) is 0.400. The van der Waals surface area contributed by atoms with Gasteiger partial charge in [-0.1, -0.05) is 41.4 Å². The highest BCUT2D eigenvalue weighted by Crippen LogP contribution is 2.39. The zero-order valence-corrected chi connectivity index (χ0v) is 20.2. The first-order valence-electron chi connectivity index (χ1n) is 11.5. The molecule has 1 N–H and O–H groups in total. The Morgan fingerprint density at radius 2 is 1.76 bits per heavy atom. The van der Waals surface area contributed by atoms with Crippen molar-refractivity contribution in [2.75, 3.05) is 44.6 Å². The Hall–Kier alpha value is -2.61. The first-order valence-corrected chi connectivity index (χ1v) is 12.3. The van der Waals surface area contributed by atoms with Crippen molar-refractivity contribution < 1.29 is 14.4 Å². The summed E-state index contributed by atoms with van der Waals surface area (Å²) in [6.45, 7) is 2.95. The molecule has 2 aromatic carbocycles. The number of anilines is 1. The molecule has 0 aliphatic carbocycles. The van der Waals surface area contributed by atoms with Crippen LogP contribution in [0.5, 0.6) is 0 Å². The normalized spacial score (nSPS) is 22.6. The van der Waals surface area contributed by atoms with Gasteiger partial charge in [-0.3, -0.25) is 19.3 Å². The molecule has 3 amide bonds. The number of hydrogen-bond acceptors (Lipinski definition) is 4. The summed E-state index contributed by atoms with van der Waals surface area (Å²) in [5, 5.41) is 3.85. The highest BCUT2D eigenvalue weighted by Gasteiger charge is 2.51. The zero-order valence-electron chi connectivity index (χ0n) is 18.7. The number of benzene rings is 2. The van der Waals surface area contributed by atoms with E-state index in [9.17, 15) is 14.4 Å². The maximum atomic E-state index is 13.4. The van der Waals surface area contributed by atoms with E-state index in [4.69, 9.17) is 23.2 Å². The molecule has 2 fully saturated rings. The van der Waals surface area contributed by atoms with Crippen molar-refractivity contribution in [2.24, 2.45) is 0 Å². The molecule has 1 atom stereocenters. The molecular weight excluding hydrogens is 475 g/mol. The first kappa shape index (κ1) is 23.1. The van der Waals surface area contributed by atoms with Crippen molar-refractivity contribution >= 4 is 46.6 Å². The van der Waals surface area contributed by atoms with Crippen molar-refractivity contribution in [3.63, 3.8) is 0 Å². The van der Waals surface area contributed by atoms with E-state index < -0.39 is 5.54 Å². The topological polar surface area (TPSA) is 73.0 Å². The van der Waals surface area contributed by atoms with Crippen LogP contribution in [-0.2, 0) is 16.0 Å². The van der Waals surface area contributed by atoms with Crippen LogP contribution >= 0.6 is 23.2 Å². The zero-order chi connectivity index (χ0) is 23.9. The number of fused-ring (bicyclic) bond motifs is 1. The highest BCUT2D eigenvalue weighted by atomic mass is 35.5. The lowest BCUT2D eigenvalue weighted by atomic mass is 9.83. The Bertz CT molecular complexity index is 1150. The molecule has 7 nitrogen and oxygen atoms in total. The van der Waals surface area contributed by atoms with E-state index in [0.29, 0.717) is 61.2 Å². The number of amides is 3. The number of rotatable bonds is 3. The summed E-state index contributed by atoms with van der Waals surface area (Å²) >= 11 is 12.2. The van der Waals surface area contributed by atoms with Gasteiger partial charge in [0.15, 0.2) is 0 Å². The molecule has 1 unspecified atom stereocenters. The van der Waals surface area contributed by atoms with E-state index in [1.165, 1.54) is 0 Å². The van der Waals surface area contributed by atoms with Crippen LogP contribution in [0.1, 0.15) is 28.8 Å². The van der Waals surface area contributed by atoms with E-state index in [2.05, 4.69) is 5.32 Å². The second-order valence-corrected chi connectivity index (χ2v) is 10.0. The van der Waals surface area contributed by atoms with Gasteiger partial charge in [0.25, 0.3) is 11.8 Å². The van der Waals surface area contributed by atoms with E-state index in [-0.39, 0.29) is 24.3 Å². The van der Waals surface area contributed by atoms with Crippen LogP contribution in [0, 0.1) is 0 Å². The van der Waals surface area contributed by atoms with Gasteiger partial charge in [0.05, 0.1) is 17.1 Å². The Morgan fingerprint density at radius 3 is 2.56 bits per heavy atom. The monoisotopic (exact) mass is 500 g/mol. The molecule has 1 spiro atoms. The summed E-state index contributed by atoms with van der Waals surface area (Å²) in [6, 6.07) is 12.6. The van der Waals surface area contributed by atoms with Gasteiger partial charge < -0.3 is 15.1 Å². The number of hydrogen-bond donors (Lipinski definition) is 1. The van der Waals surface area contributed by atoms with E-state index in [1.54, 1.807) is 28.0 Å². The summed E-state index contributed by atoms with van der Waals surface area (Å²) in [5.74, 6) is -0.287. The van der Waals surface area contributed by atoms with Crippen molar-refractivity contribution in [3.05, 3.63) is 63.6 Å². The van der Waals surface area contributed by atoms with Gasteiger partial charge in [-0.25, -0.2) is 0 Å². The summed E-state index contributed by atoms with van der Waals surface area (Å²) < 4.78 is 0. The molecule has 0 saturated carbocycles. The molecule has 9 heteroatoms.